The van der Waals surface area contributed by atoms with E-state index in [1.807, 2.05) is 13.8 Å². The van der Waals surface area contributed by atoms with Crippen molar-refractivity contribution in [1.82, 2.24) is 9.97 Å². The van der Waals surface area contributed by atoms with Gasteiger partial charge >= 0.3 is 0 Å². The van der Waals surface area contributed by atoms with Crippen molar-refractivity contribution in [2.24, 2.45) is 0 Å². The molecule has 3 aromatic rings. The second kappa shape index (κ2) is 6.73. The minimum atomic E-state index is -0.325. The van der Waals surface area contributed by atoms with Crippen LogP contribution in [0.4, 0.5) is 15.9 Å². The zero-order valence-corrected chi connectivity index (χ0v) is 15.0. The Bertz CT molecular complexity index is 878. The fourth-order valence-corrected chi connectivity index (χ4v) is 3.40. The molecule has 1 unspecified atom stereocenters. The summed E-state index contributed by atoms with van der Waals surface area (Å²) < 4.78 is 19.5. The lowest BCUT2D eigenvalue weighted by Gasteiger charge is -2.17. The van der Waals surface area contributed by atoms with Gasteiger partial charge in [-0.05, 0) is 44.9 Å². The molecule has 6 heteroatoms. The van der Waals surface area contributed by atoms with E-state index in [9.17, 15) is 4.39 Å². The van der Waals surface area contributed by atoms with Crippen LogP contribution in [0.5, 0.6) is 5.75 Å². The van der Waals surface area contributed by atoms with Gasteiger partial charge in [-0.2, -0.15) is 0 Å². The zero-order chi connectivity index (χ0) is 17.3. The van der Waals surface area contributed by atoms with Gasteiger partial charge in [0.1, 0.15) is 28.5 Å². The van der Waals surface area contributed by atoms with E-state index in [-0.39, 0.29) is 11.9 Å². The molecule has 1 N–H and O–H groups in total. The van der Waals surface area contributed by atoms with Crippen molar-refractivity contribution in [3.63, 3.8) is 0 Å². The summed E-state index contributed by atoms with van der Waals surface area (Å²) in [7, 11) is 0. The topological polar surface area (TPSA) is 47.0 Å². The molecule has 0 saturated carbocycles. The first-order valence-electron chi connectivity index (χ1n) is 7.93. The smallest absolute Gasteiger partial charge is 0.146 e. The molecule has 0 fully saturated rings. The standard InChI is InChI=1S/C18H20FN3OS/c1-5-10(2)23-15-8-13(19)6-7-14(15)22-17-16-11(3)12(4)24-18(16)21-9-20-17/h6-10H,5H2,1-4H3,(H,20,21,22). The van der Waals surface area contributed by atoms with E-state index in [0.717, 1.165) is 22.2 Å². The van der Waals surface area contributed by atoms with Gasteiger partial charge in [0.15, 0.2) is 0 Å². The van der Waals surface area contributed by atoms with Gasteiger partial charge in [0.25, 0.3) is 0 Å². The first-order valence-corrected chi connectivity index (χ1v) is 8.75. The Kier molecular flexibility index (Phi) is 4.66. The average molecular weight is 345 g/mol. The zero-order valence-electron chi connectivity index (χ0n) is 14.2. The van der Waals surface area contributed by atoms with Crippen molar-refractivity contribution in [2.45, 2.75) is 40.2 Å². The van der Waals surface area contributed by atoms with Crippen LogP contribution in [0.1, 0.15) is 30.7 Å². The largest absolute Gasteiger partial charge is 0.488 e. The molecule has 0 amide bonds. The summed E-state index contributed by atoms with van der Waals surface area (Å²) in [5, 5.41) is 4.29. The number of hydrogen-bond donors (Lipinski definition) is 1. The van der Waals surface area contributed by atoms with Crippen molar-refractivity contribution in [3.8, 4) is 5.75 Å². The molecule has 0 saturated heterocycles. The Morgan fingerprint density at radius 2 is 2.08 bits per heavy atom. The first-order chi connectivity index (χ1) is 11.5. The molecule has 0 radical (unpaired) electrons. The first kappa shape index (κ1) is 16.6. The van der Waals surface area contributed by atoms with E-state index in [1.54, 1.807) is 23.7 Å². The Hall–Kier alpha value is -2.21. The van der Waals surface area contributed by atoms with Crippen LogP contribution in [0.3, 0.4) is 0 Å². The number of benzene rings is 1. The number of aryl methyl sites for hydroxylation is 2. The molecule has 1 atom stereocenters. The van der Waals surface area contributed by atoms with Gasteiger partial charge in [0, 0.05) is 10.9 Å². The highest BCUT2D eigenvalue weighted by Gasteiger charge is 2.15. The molecule has 0 aliphatic heterocycles. The number of fused-ring (bicyclic) bond motifs is 1. The fraction of sp³-hybridized carbons (Fsp3) is 0.333. The number of hydrogen-bond acceptors (Lipinski definition) is 5. The van der Waals surface area contributed by atoms with Crippen molar-refractivity contribution >= 4 is 33.1 Å². The van der Waals surface area contributed by atoms with E-state index in [2.05, 4.69) is 29.1 Å². The molecule has 0 aliphatic carbocycles. The molecule has 2 heterocycles. The Morgan fingerprint density at radius 1 is 1.29 bits per heavy atom. The van der Waals surface area contributed by atoms with Gasteiger partial charge in [-0.15, -0.1) is 11.3 Å². The Labute approximate surface area is 144 Å². The Morgan fingerprint density at radius 3 is 2.83 bits per heavy atom. The third kappa shape index (κ3) is 3.19. The maximum absolute atomic E-state index is 13.6. The van der Waals surface area contributed by atoms with Crippen molar-refractivity contribution in [3.05, 3.63) is 40.8 Å². The maximum atomic E-state index is 13.6. The second-order valence-corrected chi connectivity index (χ2v) is 6.99. The Balaban J connectivity index is 2.03. The number of nitrogens with one attached hydrogen (secondary N) is 1. The molecular weight excluding hydrogens is 325 g/mol. The quantitative estimate of drug-likeness (QED) is 0.675. The predicted octanol–water partition coefficient (Wildman–Crippen LogP) is 5.37. The normalized spacial score (nSPS) is 12.4. The van der Waals surface area contributed by atoms with Crippen LogP contribution in [0, 0.1) is 19.7 Å². The monoisotopic (exact) mass is 345 g/mol. The predicted molar refractivity (Wildman–Crippen MR) is 97.0 cm³/mol. The average Bonchev–Trinajstić information content (AvgIpc) is 2.85. The van der Waals surface area contributed by atoms with Crippen molar-refractivity contribution in [1.29, 1.82) is 0 Å². The molecule has 24 heavy (non-hydrogen) atoms. The number of aromatic nitrogens is 2. The molecule has 2 aromatic heterocycles. The minimum Gasteiger partial charge on any atom is -0.488 e. The molecule has 3 rings (SSSR count). The van der Waals surface area contributed by atoms with Crippen LogP contribution in [-0.4, -0.2) is 16.1 Å². The van der Waals surface area contributed by atoms with Crippen LogP contribution >= 0.6 is 11.3 Å². The van der Waals surface area contributed by atoms with Gasteiger partial charge in [-0.3, -0.25) is 0 Å². The fourth-order valence-electron chi connectivity index (χ4n) is 2.40. The SMILES string of the molecule is CCC(C)Oc1cc(F)ccc1Nc1ncnc2sc(C)c(C)c12. The number of halogens is 1. The molecule has 1 aromatic carbocycles. The summed E-state index contributed by atoms with van der Waals surface area (Å²) in [5.41, 5.74) is 1.85. The summed E-state index contributed by atoms with van der Waals surface area (Å²) >= 11 is 1.64. The van der Waals surface area contributed by atoms with E-state index < -0.39 is 0 Å². The lowest BCUT2D eigenvalue weighted by atomic mass is 10.2. The molecule has 0 aliphatic rings. The van der Waals surface area contributed by atoms with Crippen LogP contribution in [0.25, 0.3) is 10.2 Å². The summed E-state index contributed by atoms with van der Waals surface area (Å²) in [6.07, 6.45) is 2.39. The van der Waals surface area contributed by atoms with Crippen molar-refractivity contribution < 1.29 is 9.13 Å². The number of thiophene rings is 1. The second-order valence-electron chi connectivity index (χ2n) is 5.79. The third-order valence-electron chi connectivity index (χ3n) is 4.07. The summed E-state index contributed by atoms with van der Waals surface area (Å²) in [6, 6.07) is 4.49. The van der Waals surface area contributed by atoms with Crippen LogP contribution in [0.15, 0.2) is 24.5 Å². The summed E-state index contributed by atoms with van der Waals surface area (Å²) in [6.45, 7) is 8.12. The van der Waals surface area contributed by atoms with E-state index in [0.29, 0.717) is 17.3 Å². The summed E-state index contributed by atoms with van der Waals surface area (Å²) in [4.78, 5) is 10.9. The lowest BCUT2D eigenvalue weighted by molar-refractivity contribution is 0.218. The summed E-state index contributed by atoms with van der Waals surface area (Å²) in [5.74, 6) is 0.873. The van der Waals surface area contributed by atoms with Gasteiger partial charge in [-0.1, -0.05) is 6.92 Å². The van der Waals surface area contributed by atoms with Crippen LogP contribution in [0.2, 0.25) is 0 Å². The van der Waals surface area contributed by atoms with Gasteiger partial charge in [-0.25, -0.2) is 14.4 Å². The highest BCUT2D eigenvalue weighted by molar-refractivity contribution is 7.18. The number of anilines is 2. The van der Waals surface area contributed by atoms with Gasteiger partial charge < -0.3 is 10.1 Å². The maximum Gasteiger partial charge on any atom is 0.146 e. The lowest BCUT2D eigenvalue weighted by Crippen LogP contribution is -2.11. The van der Waals surface area contributed by atoms with Crippen molar-refractivity contribution in [2.75, 3.05) is 5.32 Å². The number of rotatable bonds is 5. The minimum absolute atomic E-state index is 0.00268. The van der Waals surface area contributed by atoms with Crippen LogP contribution in [-0.2, 0) is 0 Å². The van der Waals surface area contributed by atoms with Gasteiger partial charge in [0.05, 0.1) is 17.2 Å². The van der Waals surface area contributed by atoms with Crippen LogP contribution < -0.4 is 10.1 Å². The molecule has 0 spiro atoms. The molecular formula is C18H20FN3OS. The third-order valence-corrected chi connectivity index (χ3v) is 5.18. The molecule has 0 bridgehead atoms. The van der Waals surface area contributed by atoms with Gasteiger partial charge in [0.2, 0.25) is 0 Å². The number of nitrogens with zero attached hydrogens (tertiary/aromatic N) is 2. The highest BCUT2D eigenvalue weighted by Crippen LogP contribution is 2.36. The van der Waals surface area contributed by atoms with E-state index >= 15 is 0 Å². The molecule has 126 valence electrons. The molecule has 4 nitrogen and oxygen atoms in total. The number of ether oxygens (including phenoxy) is 1. The van der Waals surface area contributed by atoms with E-state index in [4.69, 9.17) is 4.74 Å². The highest BCUT2D eigenvalue weighted by atomic mass is 32.1. The van der Waals surface area contributed by atoms with E-state index in [1.165, 1.54) is 17.0 Å².